The van der Waals surface area contributed by atoms with Crippen LogP contribution in [-0.4, -0.2) is 20.9 Å². The van der Waals surface area contributed by atoms with Crippen LogP contribution in [0.5, 0.6) is 5.75 Å². The van der Waals surface area contributed by atoms with Crippen molar-refractivity contribution in [2.24, 2.45) is 0 Å². The number of carbonyl (C=O) groups is 1. The Labute approximate surface area is 180 Å². The topological polar surface area (TPSA) is 84.5 Å². The number of halogens is 4. The van der Waals surface area contributed by atoms with Gasteiger partial charge in [-0.2, -0.15) is 8.78 Å². The number of carbonyl (C=O) groups excluding carboxylic acids is 1. The number of anilines is 2. The van der Waals surface area contributed by atoms with E-state index < -0.39 is 28.4 Å². The van der Waals surface area contributed by atoms with Crippen LogP contribution in [0, 0.1) is 5.82 Å². The van der Waals surface area contributed by atoms with Crippen LogP contribution in [0.1, 0.15) is 10.4 Å². The van der Waals surface area contributed by atoms with Gasteiger partial charge in [0.25, 0.3) is 15.9 Å². The number of sulfonamides is 1. The van der Waals surface area contributed by atoms with Gasteiger partial charge < -0.3 is 10.1 Å². The Hall–Kier alpha value is -3.24. The maximum absolute atomic E-state index is 13.0. The molecule has 0 radical (unpaired) electrons. The molecule has 2 N–H and O–H groups in total. The predicted octanol–water partition coefficient (Wildman–Crippen LogP) is 5.13. The highest BCUT2D eigenvalue weighted by molar-refractivity contribution is 7.92. The number of rotatable bonds is 7. The number of hydrogen-bond acceptors (Lipinski definition) is 4. The zero-order chi connectivity index (χ0) is 22.6. The number of nitrogens with one attached hydrogen (secondary N) is 2. The molecule has 0 aromatic heterocycles. The van der Waals surface area contributed by atoms with E-state index >= 15 is 0 Å². The first-order chi connectivity index (χ1) is 14.6. The van der Waals surface area contributed by atoms with Crippen LogP contribution in [0.2, 0.25) is 5.02 Å². The van der Waals surface area contributed by atoms with Crippen molar-refractivity contribution in [3.63, 3.8) is 0 Å². The molecule has 0 spiro atoms. The predicted molar refractivity (Wildman–Crippen MR) is 110 cm³/mol. The smallest absolute Gasteiger partial charge is 0.387 e. The summed E-state index contributed by atoms with van der Waals surface area (Å²) in [4.78, 5) is 12.3. The SMILES string of the molecule is O=C(Nc1ccc(OC(F)F)c(Cl)c1)c1ccc(S(=O)(=O)Nc2ccc(F)cc2)cc1. The number of benzene rings is 3. The van der Waals surface area contributed by atoms with Gasteiger partial charge in [0.2, 0.25) is 0 Å². The second-order valence-corrected chi connectivity index (χ2v) is 8.20. The second kappa shape index (κ2) is 9.27. The van der Waals surface area contributed by atoms with Gasteiger partial charge in [-0.25, -0.2) is 12.8 Å². The normalized spacial score (nSPS) is 11.3. The summed E-state index contributed by atoms with van der Waals surface area (Å²) in [6.45, 7) is -3.04. The first-order valence-corrected chi connectivity index (χ1v) is 10.4. The van der Waals surface area contributed by atoms with Crippen molar-refractivity contribution in [1.29, 1.82) is 0 Å². The molecule has 0 fully saturated rings. The molecule has 1 amide bonds. The molecule has 0 bridgehead atoms. The molecule has 0 atom stereocenters. The van der Waals surface area contributed by atoms with Crippen LogP contribution >= 0.6 is 11.6 Å². The molecular weight excluding hydrogens is 457 g/mol. The summed E-state index contributed by atoms with van der Waals surface area (Å²) in [5.74, 6) is -1.32. The summed E-state index contributed by atoms with van der Waals surface area (Å²) in [5.41, 5.74) is 0.551. The van der Waals surface area contributed by atoms with Gasteiger partial charge in [-0.05, 0) is 66.7 Å². The van der Waals surface area contributed by atoms with E-state index in [1.54, 1.807) is 0 Å². The number of ether oxygens (including phenoxy) is 1. The van der Waals surface area contributed by atoms with Crippen LogP contribution in [0.3, 0.4) is 0 Å². The minimum absolute atomic E-state index is 0.107. The molecule has 3 rings (SSSR count). The minimum atomic E-state index is -3.94. The standard InChI is InChI=1S/C20H14ClF3N2O4S/c21-17-11-15(7-10-18(17)30-20(23)24)25-19(27)12-1-8-16(9-2-12)31(28,29)26-14-5-3-13(22)4-6-14/h1-11,20,26H,(H,25,27). The van der Waals surface area contributed by atoms with Gasteiger partial charge in [0.05, 0.1) is 9.92 Å². The molecule has 0 aliphatic heterocycles. The maximum Gasteiger partial charge on any atom is 0.387 e. The van der Waals surface area contributed by atoms with Gasteiger partial charge in [-0.3, -0.25) is 9.52 Å². The van der Waals surface area contributed by atoms with Crippen LogP contribution < -0.4 is 14.8 Å². The third-order valence-corrected chi connectivity index (χ3v) is 5.62. The molecule has 3 aromatic rings. The van der Waals surface area contributed by atoms with Crippen molar-refractivity contribution in [1.82, 2.24) is 0 Å². The Morgan fingerprint density at radius 1 is 0.935 bits per heavy atom. The quantitative estimate of drug-likeness (QED) is 0.501. The van der Waals surface area contributed by atoms with E-state index in [0.29, 0.717) is 0 Å². The van der Waals surface area contributed by atoms with Crippen LogP contribution in [0.15, 0.2) is 71.6 Å². The summed E-state index contributed by atoms with van der Waals surface area (Å²) in [6.07, 6.45) is 0. The van der Waals surface area contributed by atoms with Gasteiger partial charge in [0.1, 0.15) is 11.6 Å². The van der Waals surface area contributed by atoms with Gasteiger partial charge >= 0.3 is 6.61 Å². The Morgan fingerprint density at radius 2 is 1.55 bits per heavy atom. The lowest BCUT2D eigenvalue weighted by atomic mass is 10.2. The zero-order valence-electron chi connectivity index (χ0n) is 15.5. The van der Waals surface area contributed by atoms with Crippen molar-refractivity contribution < 1.29 is 31.1 Å². The van der Waals surface area contributed by atoms with E-state index in [4.69, 9.17) is 11.6 Å². The molecule has 0 heterocycles. The van der Waals surface area contributed by atoms with Crippen LogP contribution in [0.25, 0.3) is 0 Å². The largest absolute Gasteiger partial charge is 0.433 e. The Kier molecular flexibility index (Phi) is 6.71. The van der Waals surface area contributed by atoms with Gasteiger partial charge in [0.15, 0.2) is 0 Å². The lowest BCUT2D eigenvalue weighted by Gasteiger charge is -2.11. The average molecular weight is 471 g/mol. The highest BCUT2D eigenvalue weighted by Gasteiger charge is 2.16. The average Bonchev–Trinajstić information content (AvgIpc) is 2.71. The number of amides is 1. The Balaban J connectivity index is 1.70. The molecule has 3 aromatic carbocycles. The van der Waals surface area contributed by atoms with E-state index in [1.807, 2.05) is 0 Å². The maximum atomic E-state index is 13.0. The number of alkyl halides is 2. The van der Waals surface area contributed by atoms with E-state index in [9.17, 15) is 26.4 Å². The van der Waals surface area contributed by atoms with E-state index in [0.717, 1.165) is 12.1 Å². The number of hydrogen-bond donors (Lipinski definition) is 2. The van der Waals surface area contributed by atoms with Crippen LogP contribution in [-0.2, 0) is 10.0 Å². The molecule has 0 aliphatic carbocycles. The Morgan fingerprint density at radius 3 is 2.13 bits per heavy atom. The van der Waals surface area contributed by atoms with Crippen molar-refractivity contribution in [2.75, 3.05) is 10.0 Å². The van der Waals surface area contributed by atoms with Gasteiger partial charge in [0, 0.05) is 16.9 Å². The fraction of sp³-hybridized carbons (Fsp3) is 0.0500. The lowest BCUT2D eigenvalue weighted by Crippen LogP contribution is -2.15. The van der Waals surface area contributed by atoms with Gasteiger partial charge in [-0.1, -0.05) is 11.6 Å². The van der Waals surface area contributed by atoms with E-state index in [1.165, 1.54) is 54.6 Å². The third-order valence-electron chi connectivity index (χ3n) is 3.93. The first kappa shape index (κ1) is 22.4. The van der Waals surface area contributed by atoms with Crippen molar-refractivity contribution in [3.05, 3.63) is 83.1 Å². The molecule has 0 saturated carbocycles. The molecular formula is C20H14ClF3N2O4S. The molecule has 0 unspecified atom stereocenters. The highest BCUT2D eigenvalue weighted by atomic mass is 35.5. The lowest BCUT2D eigenvalue weighted by molar-refractivity contribution is -0.0497. The van der Waals surface area contributed by atoms with E-state index in [-0.39, 0.29) is 32.6 Å². The fourth-order valence-electron chi connectivity index (χ4n) is 2.49. The Bertz CT molecular complexity index is 1190. The summed E-state index contributed by atoms with van der Waals surface area (Å²) in [5, 5.41) is 2.40. The van der Waals surface area contributed by atoms with Crippen molar-refractivity contribution in [2.45, 2.75) is 11.5 Å². The summed E-state index contributed by atoms with van der Waals surface area (Å²) >= 11 is 5.84. The molecule has 31 heavy (non-hydrogen) atoms. The first-order valence-electron chi connectivity index (χ1n) is 8.58. The fourth-order valence-corrected chi connectivity index (χ4v) is 3.77. The summed E-state index contributed by atoms with van der Waals surface area (Å²) in [6, 6.07) is 13.6. The zero-order valence-corrected chi connectivity index (χ0v) is 17.1. The highest BCUT2D eigenvalue weighted by Crippen LogP contribution is 2.29. The monoisotopic (exact) mass is 470 g/mol. The minimum Gasteiger partial charge on any atom is -0.433 e. The summed E-state index contributed by atoms with van der Waals surface area (Å²) < 4.78 is 68.9. The van der Waals surface area contributed by atoms with E-state index in [2.05, 4.69) is 14.8 Å². The summed E-state index contributed by atoms with van der Waals surface area (Å²) in [7, 11) is -3.94. The molecule has 6 nitrogen and oxygen atoms in total. The second-order valence-electron chi connectivity index (χ2n) is 6.11. The molecule has 162 valence electrons. The molecule has 11 heteroatoms. The van der Waals surface area contributed by atoms with Crippen LogP contribution in [0.4, 0.5) is 24.5 Å². The molecule has 0 aliphatic rings. The third kappa shape index (κ3) is 5.89. The van der Waals surface area contributed by atoms with Crippen molar-refractivity contribution >= 4 is 38.9 Å². The van der Waals surface area contributed by atoms with Gasteiger partial charge in [-0.15, -0.1) is 0 Å². The van der Waals surface area contributed by atoms with Crippen molar-refractivity contribution in [3.8, 4) is 5.75 Å². The molecule has 0 saturated heterocycles.